The first-order valence-corrected chi connectivity index (χ1v) is 8.78. The summed E-state index contributed by atoms with van der Waals surface area (Å²) in [5.41, 5.74) is 3.21. The van der Waals surface area contributed by atoms with Gasteiger partial charge in [0.2, 0.25) is 5.76 Å². The molecule has 0 atom stereocenters. The van der Waals surface area contributed by atoms with E-state index in [1.54, 1.807) is 0 Å². The highest BCUT2D eigenvalue weighted by Crippen LogP contribution is 2.34. The van der Waals surface area contributed by atoms with E-state index in [1.165, 1.54) is 18.4 Å². The van der Waals surface area contributed by atoms with Crippen molar-refractivity contribution in [3.8, 4) is 17.4 Å². The maximum atomic E-state index is 5.85. The second kappa shape index (κ2) is 5.72. The quantitative estimate of drug-likeness (QED) is 0.709. The molecule has 0 spiro atoms. The molecule has 2 aromatic heterocycles. The zero-order valence-electron chi connectivity index (χ0n) is 14.1. The number of fused-ring (bicyclic) bond motifs is 1. The first-order valence-electron chi connectivity index (χ1n) is 8.78. The Bertz CT molecular complexity index is 924. The SMILES string of the molecule is Cc1nc(CC2CC2)oc1-c1nc(Cc2ccc3c(c2)CCO3)no1. The van der Waals surface area contributed by atoms with E-state index in [-0.39, 0.29) is 0 Å². The van der Waals surface area contributed by atoms with Crippen molar-refractivity contribution in [2.75, 3.05) is 6.61 Å². The van der Waals surface area contributed by atoms with Crippen molar-refractivity contribution < 1.29 is 13.7 Å². The third-order valence-electron chi connectivity index (χ3n) is 4.78. The Morgan fingerprint density at radius 2 is 2.12 bits per heavy atom. The largest absolute Gasteiger partial charge is 0.493 e. The molecule has 2 aliphatic rings. The Labute approximate surface area is 145 Å². The standard InChI is InChI=1S/C19H19N3O3/c1-11-18(24-17(20-11)10-12-2-3-12)19-21-16(22-25-19)9-13-4-5-15-14(8-13)6-7-23-15/h4-5,8,12H,2-3,6-7,9-10H2,1H3. The minimum absolute atomic E-state index is 0.409. The molecule has 0 radical (unpaired) electrons. The van der Waals surface area contributed by atoms with Gasteiger partial charge in [-0.15, -0.1) is 0 Å². The summed E-state index contributed by atoms with van der Waals surface area (Å²) in [6.07, 6.45) is 5.03. The van der Waals surface area contributed by atoms with Crippen molar-refractivity contribution in [3.63, 3.8) is 0 Å². The molecule has 1 aliphatic heterocycles. The molecular formula is C19H19N3O3. The summed E-state index contributed by atoms with van der Waals surface area (Å²) >= 11 is 0. The van der Waals surface area contributed by atoms with E-state index < -0.39 is 0 Å². The molecule has 5 rings (SSSR count). The number of hydrogen-bond donors (Lipinski definition) is 0. The lowest BCUT2D eigenvalue weighted by molar-refractivity contribution is 0.357. The van der Waals surface area contributed by atoms with Crippen LogP contribution in [0.15, 0.2) is 27.1 Å². The van der Waals surface area contributed by atoms with Gasteiger partial charge in [0.25, 0.3) is 5.89 Å². The van der Waals surface area contributed by atoms with E-state index >= 15 is 0 Å². The molecule has 6 heteroatoms. The molecule has 25 heavy (non-hydrogen) atoms. The van der Waals surface area contributed by atoms with Crippen molar-refractivity contribution in [2.45, 2.75) is 39.0 Å². The van der Waals surface area contributed by atoms with Gasteiger partial charge in [0, 0.05) is 19.3 Å². The molecule has 0 amide bonds. The van der Waals surface area contributed by atoms with Crippen LogP contribution >= 0.6 is 0 Å². The monoisotopic (exact) mass is 337 g/mol. The first kappa shape index (κ1) is 14.7. The summed E-state index contributed by atoms with van der Waals surface area (Å²) in [5, 5.41) is 4.10. The lowest BCUT2D eigenvalue weighted by atomic mass is 10.1. The number of ether oxygens (including phenoxy) is 1. The molecule has 1 aromatic carbocycles. The fourth-order valence-electron chi connectivity index (χ4n) is 3.26. The summed E-state index contributed by atoms with van der Waals surface area (Å²) in [6.45, 7) is 2.68. The molecule has 6 nitrogen and oxygen atoms in total. The molecule has 1 fully saturated rings. The van der Waals surface area contributed by atoms with Crippen LogP contribution in [0.2, 0.25) is 0 Å². The highest BCUT2D eigenvalue weighted by atomic mass is 16.5. The number of rotatable bonds is 5. The average molecular weight is 337 g/mol. The zero-order valence-corrected chi connectivity index (χ0v) is 14.1. The van der Waals surface area contributed by atoms with Crippen LogP contribution in [0.3, 0.4) is 0 Å². The average Bonchev–Trinajstić information content (AvgIpc) is 2.99. The van der Waals surface area contributed by atoms with Crippen LogP contribution in [0, 0.1) is 12.8 Å². The predicted octanol–water partition coefficient (Wildman–Crippen LogP) is 3.51. The van der Waals surface area contributed by atoms with E-state index in [0.29, 0.717) is 23.9 Å². The van der Waals surface area contributed by atoms with Gasteiger partial charge in [-0.1, -0.05) is 17.3 Å². The normalized spacial score (nSPS) is 16.0. The molecule has 1 saturated carbocycles. The molecule has 0 unspecified atom stereocenters. The molecular weight excluding hydrogens is 318 g/mol. The predicted molar refractivity (Wildman–Crippen MR) is 89.4 cm³/mol. The summed E-state index contributed by atoms with van der Waals surface area (Å²) in [5.74, 6) is 4.14. The van der Waals surface area contributed by atoms with Gasteiger partial charge in [-0.25, -0.2) is 4.98 Å². The van der Waals surface area contributed by atoms with Gasteiger partial charge in [0.1, 0.15) is 5.75 Å². The minimum Gasteiger partial charge on any atom is -0.493 e. The van der Waals surface area contributed by atoms with Crippen LogP contribution in [0.1, 0.15) is 41.4 Å². The van der Waals surface area contributed by atoms with Crippen molar-refractivity contribution in [2.24, 2.45) is 5.92 Å². The summed E-state index contributed by atoms with van der Waals surface area (Å²) < 4.78 is 16.8. The van der Waals surface area contributed by atoms with Crippen molar-refractivity contribution in [1.29, 1.82) is 0 Å². The number of aryl methyl sites for hydroxylation is 1. The second-order valence-electron chi connectivity index (χ2n) is 6.90. The molecule has 0 saturated heterocycles. The van der Waals surface area contributed by atoms with Crippen LogP contribution < -0.4 is 4.74 Å². The molecule has 3 heterocycles. The van der Waals surface area contributed by atoms with Gasteiger partial charge in [-0.3, -0.25) is 0 Å². The topological polar surface area (TPSA) is 74.2 Å². The minimum atomic E-state index is 0.409. The van der Waals surface area contributed by atoms with Crippen LogP contribution in [-0.4, -0.2) is 21.7 Å². The van der Waals surface area contributed by atoms with Gasteiger partial charge in [-0.05, 0) is 42.9 Å². The third kappa shape index (κ3) is 2.92. The smallest absolute Gasteiger partial charge is 0.295 e. The summed E-state index contributed by atoms with van der Waals surface area (Å²) in [6, 6.07) is 6.23. The Hall–Kier alpha value is -2.63. The zero-order chi connectivity index (χ0) is 16.8. The highest BCUT2D eigenvalue weighted by molar-refractivity contribution is 5.47. The van der Waals surface area contributed by atoms with E-state index in [2.05, 4.69) is 21.2 Å². The van der Waals surface area contributed by atoms with Gasteiger partial charge >= 0.3 is 0 Å². The van der Waals surface area contributed by atoms with E-state index in [4.69, 9.17) is 13.7 Å². The number of aromatic nitrogens is 3. The van der Waals surface area contributed by atoms with E-state index in [9.17, 15) is 0 Å². The number of benzene rings is 1. The maximum absolute atomic E-state index is 5.85. The molecule has 0 bridgehead atoms. The first-order chi connectivity index (χ1) is 12.2. The number of hydrogen-bond acceptors (Lipinski definition) is 6. The molecule has 128 valence electrons. The molecule has 0 N–H and O–H groups in total. The van der Waals surface area contributed by atoms with Crippen LogP contribution in [0.25, 0.3) is 11.7 Å². The highest BCUT2D eigenvalue weighted by Gasteiger charge is 2.26. The third-order valence-corrected chi connectivity index (χ3v) is 4.78. The van der Waals surface area contributed by atoms with Crippen LogP contribution in [0.5, 0.6) is 5.75 Å². The van der Waals surface area contributed by atoms with Gasteiger partial charge in [0.05, 0.1) is 12.3 Å². The van der Waals surface area contributed by atoms with E-state index in [0.717, 1.165) is 48.3 Å². The lowest BCUT2D eigenvalue weighted by Gasteiger charge is -2.01. The Morgan fingerprint density at radius 1 is 1.20 bits per heavy atom. The van der Waals surface area contributed by atoms with Gasteiger partial charge in [0.15, 0.2) is 11.7 Å². The van der Waals surface area contributed by atoms with Crippen molar-refractivity contribution >= 4 is 0 Å². The molecule has 3 aromatic rings. The van der Waals surface area contributed by atoms with Gasteiger partial charge < -0.3 is 13.7 Å². The van der Waals surface area contributed by atoms with E-state index in [1.807, 2.05) is 19.1 Å². The molecule has 1 aliphatic carbocycles. The van der Waals surface area contributed by atoms with Crippen LogP contribution in [-0.2, 0) is 19.3 Å². The number of nitrogens with zero attached hydrogens (tertiary/aromatic N) is 3. The van der Waals surface area contributed by atoms with Crippen LogP contribution in [0.4, 0.5) is 0 Å². The Balaban J connectivity index is 1.35. The summed E-state index contributed by atoms with van der Waals surface area (Å²) in [7, 11) is 0. The second-order valence-corrected chi connectivity index (χ2v) is 6.90. The fraction of sp³-hybridized carbons (Fsp3) is 0.421. The number of oxazole rings is 1. The Kier molecular flexibility index (Phi) is 3.36. The fourth-order valence-corrected chi connectivity index (χ4v) is 3.26. The maximum Gasteiger partial charge on any atom is 0.295 e. The van der Waals surface area contributed by atoms with Gasteiger partial charge in [-0.2, -0.15) is 4.98 Å². The Morgan fingerprint density at radius 3 is 3.00 bits per heavy atom. The summed E-state index contributed by atoms with van der Waals surface area (Å²) in [4.78, 5) is 8.99. The van der Waals surface area contributed by atoms with Crippen molar-refractivity contribution in [1.82, 2.24) is 15.1 Å². The lowest BCUT2D eigenvalue weighted by Crippen LogP contribution is -1.92. The van der Waals surface area contributed by atoms with Crippen molar-refractivity contribution in [3.05, 3.63) is 46.7 Å².